The zero-order valence-corrected chi connectivity index (χ0v) is 10.9. The van der Waals surface area contributed by atoms with Crippen LogP contribution >= 0.6 is 0 Å². The molecule has 1 atom stereocenters. The molecule has 1 saturated heterocycles. The molecule has 2 N–H and O–H groups in total. The standard InChI is InChI=1S/C14H15FN4O/c15-10-1-3-12(4-2-10)19-8-6-17-13(14(19)20)18-7-5-11(16)9-18/h1-4,6,8,11H,5,7,9,16H2. The van der Waals surface area contributed by atoms with Crippen LogP contribution in [0.4, 0.5) is 10.2 Å². The average Bonchev–Trinajstić information content (AvgIpc) is 2.87. The average molecular weight is 274 g/mol. The third-order valence-electron chi connectivity index (χ3n) is 3.45. The van der Waals surface area contributed by atoms with Crippen molar-refractivity contribution in [3.05, 3.63) is 52.8 Å². The van der Waals surface area contributed by atoms with Crippen LogP contribution in [0.15, 0.2) is 41.5 Å². The highest BCUT2D eigenvalue weighted by Crippen LogP contribution is 2.14. The lowest BCUT2D eigenvalue weighted by molar-refractivity contribution is 0.627. The second-order valence-corrected chi connectivity index (χ2v) is 4.90. The van der Waals surface area contributed by atoms with Gasteiger partial charge in [0.1, 0.15) is 5.82 Å². The van der Waals surface area contributed by atoms with Crippen molar-refractivity contribution in [3.63, 3.8) is 0 Å². The van der Waals surface area contributed by atoms with Gasteiger partial charge >= 0.3 is 0 Å². The number of hydrogen-bond acceptors (Lipinski definition) is 4. The highest BCUT2D eigenvalue weighted by Gasteiger charge is 2.23. The first-order valence-electron chi connectivity index (χ1n) is 6.49. The molecule has 3 rings (SSSR count). The molecule has 0 bridgehead atoms. The van der Waals surface area contributed by atoms with Crippen molar-refractivity contribution in [1.29, 1.82) is 0 Å². The molecule has 1 unspecified atom stereocenters. The summed E-state index contributed by atoms with van der Waals surface area (Å²) in [5.74, 6) is 0.0615. The molecule has 104 valence electrons. The quantitative estimate of drug-likeness (QED) is 0.884. The summed E-state index contributed by atoms with van der Waals surface area (Å²) in [4.78, 5) is 18.5. The Labute approximate surface area is 115 Å². The highest BCUT2D eigenvalue weighted by atomic mass is 19.1. The molecule has 1 aromatic heterocycles. The molecule has 0 amide bonds. The Balaban J connectivity index is 2.01. The van der Waals surface area contributed by atoms with Crippen molar-refractivity contribution in [2.24, 2.45) is 5.73 Å². The minimum absolute atomic E-state index is 0.0793. The summed E-state index contributed by atoms with van der Waals surface area (Å²) in [6, 6.07) is 5.86. The third-order valence-corrected chi connectivity index (χ3v) is 3.45. The van der Waals surface area contributed by atoms with E-state index in [-0.39, 0.29) is 17.4 Å². The molecule has 2 heterocycles. The second kappa shape index (κ2) is 5.05. The van der Waals surface area contributed by atoms with Gasteiger partial charge in [0.2, 0.25) is 0 Å². The number of rotatable bonds is 2. The molecule has 1 aromatic carbocycles. The summed E-state index contributed by atoms with van der Waals surface area (Å²) in [6.45, 7) is 1.37. The lowest BCUT2D eigenvalue weighted by atomic mass is 10.3. The van der Waals surface area contributed by atoms with Crippen LogP contribution in [0.2, 0.25) is 0 Å². The van der Waals surface area contributed by atoms with Crippen LogP contribution in [0.3, 0.4) is 0 Å². The number of hydrogen-bond donors (Lipinski definition) is 1. The highest BCUT2D eigenvalue weighted by molar-refractivity contribution is 5.41. The Bertz CT molecular complexity index is 668. The van der Waals surface area contributed by atoms with E-state index in [0.717, 1.165) is 13.0 Å². The van der Waals surface area contributed by atoms with Gasteiger partial charge in [-0.1, -0.05) is 0 Å². The van der Waals surface area contributed by atoms with Gasteiger partial charge in [-0.3, -0.25) is 9.36 Å². The molecule has 5 nitrogen and oxygen atoms in total. The van der Waals surface area contributed by atoms with Crippen LogP contribution in [-0.4, -0.2) is 28.7 Å². The van der Waals surface area contributed by atoms with Gasteiger partial charge in [-0.05, 0) is 30.7 Å². The largest absolute Gasteiger partial charge is 0.350 e. The zero-order valence-electron chi connectivity index (χ0n) is 10.9. The first kappa shape index (κ1) is 12.8. The summed E-state index contributed by atoms with van der Waals surface area (Å²) in [5.41, 5.74) is 6.26. The van der Waals surface area contributed by atoms with Crippen molar-refractivity contribution in [1.82, 2.24) is 9.55 Å². The van der Waals surface area contributed by atoms with E-state index in [1.54, 1.807) is 24.5 Å². The van der Waals surface area contributed by atoms with Crippen molar-refractivity contribution in [2.75, 3.05) is 18.0 Å². The normalized spacial score (nSPS) is 18.5. The monoisotopic (exact) mass is 274 g/mol. The summed E-state index contributed by atoms with van der Waals surface area (Å²) < 4.78 is 14.4. The number of aromatic nitrogens is 2. The molecule has 20 heavy (non-hydrogen) atoms. The van der Waals surface area contributed by atoms with Crippen LogP contribution in [0.1, 0.15) is 6.42 Å². The lowest BCUT2D eigenvalue weighted by Crippen LogP contribution is -2.33. The third kappa shape index (κ3) is 2.30. The molecular formula is C14H15FN4O. The van der Waals surface area contributed by atoms with Gasteiger partial charge in [0.05, 0.1) is 0 Å². The van der Waals surface area contributed by atoms with Gasteiger partial charge in [-0.25, -0.2) is 9.37 Å². The molecule has 1 aliphatic heterocycles. The van der Waals surface area contributed by atoms with Crippen molar-refractivity contribution in [2.45, 2.75) is 12.5 Å². The van der Waals surface area contributed by atoms with Gasteiger partial charge in [-0.15, -0.1) is 0 Å². The van der Waals surface area contributed by atoms with Crippen LogP contribution in [0.5, 0.6) is 0 Å². The molecular weight excluding hydrogens is 259 g/mol. The number of nitrogens with two attached hydrogens (primary N) is 1. The molecule has 0 aliphatic carbocycles. The predicted octanol–water partition coefficient (Wildman–Crippen LogP) is 0.909. The van der Waals surface area contributed by atoms with E-state index < -0.39 is 0 Å². The maximum absolute atomic E-state index is 12.9. The lowest BCUT2D eigenvalue weighted by Gasteiger charge is -2.17. The van der Waals surface area contributed by atoms with Crippen molar-refractivity contribution >= 4 is 5.82 Å². The fraction of sp³-hybridized carbons (Fsp3) is 0.286. The van der Waals surface area contributed by atoms with E-state index in [4.69, 9.17) is 5.73 Å². The summed E-state index contributed by atoms with van der Waals surface area (Å²) >= 11 is 0. The maximum atomic E-state index is 12.9. The van der Waals surface area contributed by atoms with Crippen LogP contribution in [0, 0.1) is 5.82 Å². The van der Waals surface area contributed by atoms with Crippen molar-refractivity contribution < 1.29 is 4.39 Å². The van der Waals surface area contributed by atoms with Crippen LogP contribution in [-0.2, 0) is 0 Å². The summed E-state index contributed by atoms with van der Waals surface area (Å²) in [7, 11) is 0. The Morgan fingerprint density at radius 1 is 1.30 bits per heavy atom. The van der Waals surface area contributed by atoms with E-state index in [9.17, 15) is 9.18 Å². The molecule has 2 aromatic rings. The SMILES string of the molecule is NC1CCN(c2nccn(-c3ccc(F)cc3)c2=O)C1. The summed E-state index contributed by atoms with van der Waals surface area (Å²) in [5, 5.41) is 0. The van der Waals surface area contributed by atoms with Crippen molar-refractivity contribution in [3.8, 4) is 5.69 Å². The Hall–Kier alpha value is -2.21. The maximum Gasteiger partial charge on any atom is 0.298 e. The van der Waals surface area contributed by atoms with Gasteiger partial charge < -0.3 is 10.6 Å². The fourth-order valence-electron chi connectivity index (χ4n) is 2.40. The first-order valence-corrected chi connectivity index (χ1v) is 6.49. The number of anilines is 1. The van der Waals surface area contributed by atoms with Gasteiger partial charge in [0.15, 0.2) is 5.82 Å². The summed E-state index contributed by atoms with van der Waals surface area (Å²) in [6.07, 6.45) is 4.01. The van der Waals surface area contributed by atoms with E-state index in [1.165, 1.54) is 16.7 Å². The molecule has 0 spiro atoms. The minimum Gasteiger partial charge on any atom is -0.350 e. The van der Waals surface area contributed by atoms with Gasteiger partial charge in [0, 0.05) is 37.2 Å². The Morgan fingerprint density at radius 3 is 2.70 bits per heavy atom. The predicted molar refractivity (Wildman–Crippen MR) is 74.6 cm³/mol. The molecule has 6 heteroatoms. The van der Waals surface area contributed by atoms with Gasteiger partial charge in [0.25, 0.3) is 5.56 Å². The topological polar surface area (TPSA) is 64.2 Å². The smallest absolute Gasteiger partial charge is 0.298 e. The molecule has 0 saturated carbocycles. The molecule has 0 radical (unpaired) electrons. The van der Waals surface area contributed by atoms with E-state index in [1.807, 2.05) is 4.90 Å². The Kier molecular flexibility index (Phi) is 3.23. The molecule has 1 aliphatic rings. The second-order valence-electron chi connectivity index (χ2n) is 4.90. The van der Waals surface area contributed by atoms with Crippen LogP contribution < -0.4 is 16.2 Å². The number of nitrogens with zero attached hydrogens (tertiary/aromatic N) is 3. The van der Waals surface area contributed by atoms with Gasteiger partial charge in [-0.2, -0.15) is 0 Å². The minimum atomic E-state index is -0.332. The molecule has 1 fully saturated rings. The number of halogens is 1. The van der Waals surface area contributed by atoms with E-state index in [0.29, 0.717) is 18.1 Å². The number of benzene rings is 1. The van der Waals surface area contributed by atoms with E-state index in [2.05, 4.69) is 4.98 Å². The Morgan fingerprint density at radius 2 is 2.05 bits per heavy atom. The zero-order chi connectivity index (χ0) is 14.1. The van der Waals surface area contributed by atoms with Crippen LogP contribution in [0.25, 0.3) is 5.69 Å². The van der Waals surface area contributed by atoms with E-state index >= 15 is 0 Å². The fourth-order valence-corrected chi connectivity index (χ4v) is 2.40. The first-order chi connectivity index (χ1) is 9.65.